The van der Waals surface area contributed by atoms with Crippen LogP contribution in [-0.4, -0.2) is 104 Å². The van der Waals surface area contributed by atoms with Crippen LogP contribution >= 0.6 is 0 Å². The van der Waals surface area contributed by atoms with E-state index in [1.165, 1.54) is 12.3 Å². The molecule has 0 spiro atoms. The van der Waals surface area contributed by atoms with Crippen LogP contribution in [0.4, 0.5) is 23.8 Å². The van der Waals surface area contributed by atoms with Crippen LogP contribution in [0, 0.1) is 11.6 Å². The second kappa shape index (κ2) is 11.7. The van der Waals surface area contributed by atoms with Gasteiger partial charge in [0.2, 0.25) is 5.88 Å². The smallest absolute Gasteiger partial charge is 0.410 e. The van der Waals surface area contributed by atoms with Crippen molar-refractivity contribution in [3.63, 3.8) is 0 Å². The summed E-state index contributed by atoms with van der Waals surface area (Å²) in [7, 11) is 0. The van der Waals surface area contributed by atoms with Gasteiger partial charge in [0.05, 0.1) is 34.6 Å². The molecule has 6 atom stereocenters. The standard InChI is InChI=1S/C37H40F3N7O5/c1-18-30-23-9-7-21(47(23)35(49)52-36(2,3)4)16-46(30)31-26-29(43-34(44-31)50-17-37-11-5-13-45(37)15-20(38)14-37)27(40)28(42-33(26)51-18)25-22(39)8-6-19-10-12-41-32(48)24(19)25/h6,8,10,12,18,20-21,23,30H,5,7,9,11,13-17H2,1-4H3,(H,41,48)/t18-,20+,21+,23-,30+,37-/m0/s1. The van der Waals surface area contributed by atoms with Crippen LogP contribution in [0.25, 0.3) is 32.9 Å². The average molecular weight is 720 g/mol. The van der Waals surface area contributed by atoms with Crippen LogP contribution in [0.1, 0.15) is 59.8 Å². The lowest BCUT2D eigenvalue weighted by Crippen LogP contribution is -2.65. The number of carbonyl (C=O) groups excluding carboxylic acids is 1. The zero-order valence-corrected chi connectivity index (χ0v) is 29.4. The number of benzene rings is 1. The first-order valence-corrected chi connectivity index (χ1v) is 18.0. The minimum atomic E-state index is -0.977. The number of ether oxygens (including phenoxy) is 3. The fourth-order valence-corrected chi connectivity index (χ4v) is 9.38. The monoisotopic (exact) mass is 719 g/mol. The predicted molar refractivity (Wildman–Crippen MR) is 185 cm³/mol. The topological polar surface area (TPSA) is 126 Å². The molecule has 4 aromatic rings. The number of pyridine rings is 2. The highest BCUT2D eigenvalue weighted by Crippen LogP contribution is 2.47. The van der Waals surface area contributed by atoms with Crippen molar-refractivity contribution in [2.75, 3.05) is 31.1 Å². The first kappa shape index (κ1) is 33.2. The third-order valence-electron chi connectivity index (χ3n) is 11.4. The highest BCUT2D eigenvalue weighted by atomic mass is 19.1. The van der Waals surface area contributed by atoms with Crippen LogP contribution in [-0.2, 0) is 4.74 Å². The van der Waals surface area contributed by atoms with Crippen molar-refractivity contribution in [3.05, 3.63) is 46.4 Å². The maximum absolute atomic E-state index is 17.2. The number of aromatic amines is 1. The normalized spacial score (nSPS) is 28.2. The summed E-state index contributed by atoms with van der Waals surface area (Å²) in [4.78, 5) is 49.2. The van der Waals surface area contributed by atoms with E-state index in [0.717, 1.165) is 31.9 Å². The van der Waals surface area contributed by atoms with Gasteiger partial charge in [0.25, 0.3) is 5.56 Å². The van der Waals surface area contributed by atoms with E-state index in [1.54, 1.807) is 11.0 Å². The Morgan fingerprint density at radius 2 is 1.94 bits per heavy atom. The van der Waals surface area contributed by atoms with Gasteiger partial charge in [0, 0.05) is 25.7 Å². The van der Waals surface area contributed by atoms with Gasteiger partial charge in [-0.2, -0.15) is 9.97 Å². The molecule has 3 aromatic heterocycles. The van der Waals surface area contributed by atoms with Gasteiger partial charge in [0.15, 0.2) is 5.82 Å². The second-order valence-electron chi connectivity index (χ2n) is 15.8. The fourth-order valence-electron chi connectivity index (χ4n) is 9.38. The lowest BCUT2D eigenvalue weighted by atomic mass is 9.95. The molecule has 52 heavy (non-hydrogen) atoms. The Hall–Kier alpha value is -4.66. The maximum atomic E-state index is 17.2. The summed E-state index contributed by atoms with van der Waals surface area (Å²) in [5.74, 6) is -1.54. The predicted octanol–water partition coefficient (Wildman–Crippen LogP) is 5.50. The van der Waals surface area contributed by atoms with Crippen LogP contribution in [0.5, 0.6) is 11.9 Å². The number of hydrogen-bond donors (Lipinski definition) is 1. The molecule has 1 N–H and O–H groups in total. The number of aromatic nitrogens is 4. The first-order chi connectivity index (χ1) is 24.8. The Labute approximate surface area is 297 Å². The van der Waals surface area contributed by atoms with E-state index in [0.29, 0.717) is 37.1 Å². The summed E-state index contributed by atoms with van der Waals surface area (Å²) in [5, 5.41) is 0.499. The molecule has 1 amide bonds. The van der Waals surface area contributed by atoms with Gasteiger partial charge >= 0.3 is 12.1 Å². The van der Waals surface area contributed by atoms with Crippen molar-refractivity contribution in [2.45, 2.75) is 101 Å². The zero-order chi connectivity index (χ0) is 36.3. The Balaban J connectivity index is 1.22. The fraction of sp³-hybridized carbons (Fsp3) is 0.541. The van der Waals surface area contributed by atoms with E-state index in [1.807, 2.05) is 32.6 Å². The molecule has 8 heterocycles. The molecule has 9 rings (SSSR count). The Morgan fingerprint density at radius 3 is 2.75 bits per heavy atom. The summed E-state index contributed by atoms with van der Waals surface area (Å²) in [6, 6.07) is 3.06. The van der Waals surface area contributed by atoms with E-state index in [-0.39, 0.29) is 52.4 Å². The van der Waals surface area contributed by atoms with E-state index >= 15 is 8.78 Å². The summed E-state index contributed by atoms with van der Waals surface area (Å²) in [6.07, 6.45) is 2.79. The number of H-pyrrole nitrogens is 1. The highest BCUT2D eigenvalue weighted by Gasteiger charge is 2.54. The number of hydrogen-bond acceptors (Lipinski definition) is 10. The minimum absolute atomic E-state index is 0.0325. The molecule has 4 saturated heterocycles. The molecule has 5 aliphatic heterocycles. The molecule has 1 aromatic carbocycles. The lowest BCUT2D eigenvalue weighted by Gasteiger charge is -2.48. The van der Waals surface area contributed by atoms with E-state index in [2.05, 4.69) is 19.9 Å². The zero-order valence-electron chi connectivity index (χ0n) is 29.4. The van der Waals surface area contributed by atoms with E-state index in [4.69, 9.17) is 19.2 Å². The van der Waals surface area contributed by atoms with Crippen molar-refractivity contribution in [1.82, 2.24) is 29.7 Å². The third-order valence-corrected chi connectivity index (χ3v) is 11.4. The molecule has 15 heteroatoms. The number of fused-ring (bicyclic) bond motifs is 7. The number of nitrogens with zero attached hydrogens (tertiary/aromatic N) is 6. The molecule has 0 aliphatic carbocycles. The highest BCUT2D eigenvalue weighted by molar-refractivity contribution is 6.01. The quantitative estimate of drug-likeness (QED) is 0.289. The number of carbonyl (C=O) groups is 1. The van der Waals surface area contributed by atoms with Crippen molar-refractivity contribution >= 4 is 33.6 Å². The molecule has 0 saturated carbocycles. The molecule has 5 aliphatic rings. The van der Waals surface area contributed by atoms with Crippen molar-refractivity contribution < 1.29 is 32.2 Å². The summed E-state index contributed by atoms with van der Waals surface area (Å²) < 4.78 is 66.3. The summed E-state index contributed by atoms with van der Waals surface area (Å²) in [5.41, 5.74) is -2.82. The van der Waals surface area contributed by atoms with Gasteiger partial charge in [0.1, 0.15) is 52.7 Å². The second-order valence-corrected chi connectivity index (χ2v) is 15.8. The van der Waals surface area contributed by atoms with Crippen LogP contribution < -0.4 is 19.9 Å². The van der Waals surface area contributed by atoms with Gasteiger partial charge in [-0.1, -0.05) is 6.07 Å². The van der Waals surface area contributed by atoms with E-state index < -0.39 is 58.4 Å². The van der Waals surface area contributed by atoms with Crippen LogP contribution in [0.3, 0.4) is 0 Å². The Kier molecular flexibility index (Phi) is 7.45. The molecule has 0 unspecified atom stereocenters. The molecular formula is C37H40F3N7O5. The number of alkyl halides is 1. The molecule has 12 nitrogen and oxygen atoms in total. The lowest BCUT2D eigenvalue weighted by molar-refractivity contribution is 0.000937. The number of piperazine rings is 1. The number of rotatable bonds is 4. The first-order valence-electron chi connectivity index (χ1n) is 18.0. The van der Waals surface area contributed by atoms with Gasteiger partial charge in [-0.25, -0.2) is 22.9 Å². The minimum Gasteiger partial charge on any atom is -0.472 e. The number of amides is 1. The third kappa shape index (κ3) is 5.09. The van der Waals surface area contributed by atoms with Gasteiger partial charge in [-0.3, -0.25) is 14.6 Å². The Morgan fingerprint density at radius 1 is 1.12 bits per heavy atom. The van der Waals surface area contributed by atoms with Crippen LogP contribution in [0.15, 0.2) is 29.2 Å². The number of anilines is 1. The SMILES string of the molecule is C[C@@H]1Oc2nc(-c3c(F)ccc4cc[nH]c(=O)c34)c(F)c3nc(OC[C@@]45CCCN4C[C@H](F)C5)nc(c23)N2C[C@H]3CC[C@@H]([C@@H]12)N3C(=O)OC(C)(C)C. The van der Waals surface area contributed by atoms with Crippen molar-refractivity contribution in [1.29, 1.82) is 0 Å². The summed E-state index contributed by atoms with van der Waals surface area (Å²) in [6.45, 7) is 8.86. The molecule has 2 bridgehead atoms. The van der Waals surface area contributed by atoms with E-state index in [9.17, 15) is 14.0 Å². The molecular weight excluding hydrogens is 679 g/mol. The molecule has 4 fully saturated rings. The van der Waals surface area contributed by atoms with Gasteiger partial charge in [-0.05, 0) is 77.4 Å². The van der Waals surface area contributed by atoms with Crippen LogP contribution in [0.2, 0.25) is 0 Å². The Bertz CT molecular complexity index is 2200. The van der Waals surface area contributed by atoms with Crippen molar-refractivity contribution in [3.8, 4) is 23.1 Å². The van der Waals surface area contributed by atoms with Gasteiger partial charge < -0.3 is 24.1 Å². The average Bonchev–Trinajstić information content (AvgIpc) is 3.69. The maximum Gasteiger partial charge on any atom is 0.410 e. The number of halogens is 3. The summed E-state index contributed by atoms with van der Waals surface area (Å²) >= 11 is 0. The largest absolute Gasteiger partial charge is 0.472 e. The van der Waals surface area contributed by atoms with Gasteiger partial charge in [-0.15, -0.1) is 0 Å². The number of nitrogens with one attached hydrogen (secondary N) is 1. The molecule has 0 radical (unpaired) electrons. The molecule has 274 valence electrons. The van der Waals surface area contributed by atoms with Crippen molar-refractivity contribution in [2.24, 2.45) is 0 Å².